The van der Waals surface area contributed by atoms with Gasteiger partial charge >= 0.3 is 5.97 Å². The number of hydrogen-bond donors (Lipinski definition) is 1. The summed E-state index contributed by atoms with van der Waals surface area (Å²) in [5.41, 5.74) is 6.00. The molecule has 1 aromatic carbocycles. The second-order valence-electron chi connectivity index (χ2n) is 3.30. The van der Waals surface area contributed by atoms with E-state index in [1.165, 1.54) is 6.07 Å². The first-order valence-corrected chi connectivity index (χ1v) is 5.70. The number of halogens is 2. The number of ether oxygens (including phenoxy) is 1. The van der Waals surface area contributed by atoms with Crippen molar-refractivity contribution < 1.29 is 13.9 Å². The van der Waals surface area contributed by atoms with Crippen LogP contribution in [0.1, 0.15) is 12.5 Å². The summed E-state index contributed by atoms with van der Waals surface area (Å²) in [7, 11) is 0. The molecule has 0 heterocycles. The molecule has 0 spiro atoms. The van der Waals surface area contributed by atoms with Crippen LogP contribution in [-0.4, -0.2) is 18.6 Å². The Morgan fingerprint density at radius 2 is 2.31 bits per heavy atom. The molecule has 3 nitrogen and oxygen atoms in total. The number of carbonyl (C=O) groups is 1. The minimum Gasteiger partial charge on any atom is -0.465 e. The smallest absolute Gasteiger partial charge is 0.323 e. The Kier molecular flexibility index (Phi) is 4.89. The van der Waals surface area contributed by atoms with Gasteiger partial charge < -0.3 is 10.5 Å². The molecule has 0 saturated heterocycles. The minimum absolute atomic E-state index is 0.129. The van der Waals surface area contributed by atoms with Crippen LogP contribution in [0.4, 0.5) is 4.39 Å². The average molecular weight is 290 g/mol. The minimum atomic E-state index is -0.830. The Labute approximate surface area is 102 Å². The summed E-state index contributed by atoms with van der Waals surface area (Å²) in [6, 6.07) is 3.70. The predicted octanol–water partition coefficient (Wildman–Crippen LogP) is 2.02. The monoisotopic (exact) mass is 289 g/mol. The summed E-state index contributed by atoms with van der Waals surface area (Å²) in [5.74, 6) is -0.884. The highest BCUT2D eigenvalue weighted by Gasteiger charge is 2.17. The molecule has 0 saturated carbocycles. The van der Waals surface area contributed by atoms with Gasteiger partial charge in [0.05, 0.1) is 6.61 Å². The fraction of sp³-hybridized carbons (Fsp3) is 0.364. The van der Waals surface area contributed by atoms with Crippen molar-refractivity contribution in [1.29, 1.82) is 0 Å². The molecule has 2 N–H and O–H groups in total. The van der Waals surface area contributed by atoms with Gasteiger partial charge in [-0.25, -0.2) is 4.39 Å². The molecule has 0 amide bonds. The first-order valence-electron chi connectivity index (χ1n) is 4.90. The first-order chi connectivity index (χ1) is 7.54. The Balaban J connectivity index is 2.72. The Morgan fingerprint density at radius 3 is 2.94 bits per heavy atom. The maximum atomic E-state index is 13.4. The van der Waals surface area contributed by atoms with Gasteiger partial charge in [-0.2, -0.15) is 0 Å². The van der Waals surface area contributed by atoms with E-state index in [4.69, 9.17) is 10.5 Å². The van der Waals surface area contributed by atoms with E-state index in [9.17, 15) is 9.18 Å². The van der Waals surface area contributed by atoms with Gasteiger partial charge in [0.2, 0.25) is 0 Å². The molecule has 0 aromatic heterocycles. The lowest BCUT2D eigenvalue weighted by Crippen LogP contribution is -2.34. The highest BCUT2D eigenvalue weighted by atomic mass is 79.9. The fourth-order valence-electron chi connectivity index (χ4n) is 1.27. The highest BCUT2D eigenvalue weighted by molar-refractivity contribution is 9.10. The van der Waals surface area contributed by atoms with E-state index in [0.29, 0.717) is 5.56 Å². The molecule has 1 unspecified atom stereocenters. The number of nitrogens with two attached hydrogens (primary N) is 1. The topological polar surface area (TPSA) is 52.3 Å². The molecular weight excluding hydrogens is 277 g/mol. The van der Waals surface area contributed by atoms with E-state index >= 15 is 0 Å². The van der Waals surface area contributed by atoms with Crippen molar-refractivity contribution >= 4 is 21.9 Å². The van der Waals surface area contributed by atoms with Crippen LogP contribution in [0, 0.1) is 5.82 Å². The SMILES string of the molecule is CCOC(=O)C(N)Cc1cc(Br)ccc1F. The van der Waals surface area contributed by atoms with Gasteiger partial charge in [0, 0.05) is 10.9 Å². The largest absolute Gasteiger partial charge is 0.465 e. The molecule has 0 aliphatic carbocycles. The number of hydrogen-bond acceptors (Lipinski definition) is 3. The first kappa shape index (κ1) is 13.1. The third-order valence-corrected chi connectivity index (χ3v) is 2.53. The van der Waals surface area contributed by atoms with Crippen molar-refractivity contribution in [2.75, 3.05) is 6.61 Å². The summed E-state index contributed by atoms with van der Waals surface area (Å²) in [6.07, 6.45) is 0.129. The van der Waals surface area contributed by atoms with Crippen LogP contribution in [0.2, 0.25) is 0 Å². The molecule has 0 radical (unpaired) electrons. The van der Waals surface area contributed by atoms with E-state index < -0.39 is 12.0 Å². The van der Waals surface area contributed by atoms with Crippen LogP contribution in [0.25, 0.3) is 0 Å². The van der Waals surface area contributed by atoms with Crippen LogP contribution in [0.5, 0.6) is 0 Å². The molecule has 0 aliphatic rings. The van der Waals surface area contributed by atoms with Crippen molar-refractivity contribution in [2.45, 2.75) is 19.4 Å². The molecule has 0 bridgehead atoms. The normalized spacial score (nSPS) is 12.2. The lowest BCUT2D eigenvalue weighted by molar-refractivity contribution is -0.144. The average Bonchev–Trinajstić information content (AvgIpc) is 2.23. The molecule has 0 fully saturated rings. The standard InChI is InChI=1S/C11H13BrFNO2/c1-2-16-11(15)10(14)6-7-5-8(12)3-4-9(7)13/h3-5,10H,2,6,14H2,1H3. The van der Waals surface area contributed by atoms with Gasteiger partial charge in [-0.15, -0.1) is 0 Å². The van der Waals surface area contributed by atoms with E-state index in [-0.39, 0.29) is 18.8 Å². The lowest BCUT2D eigenvalue weighted by Gasteiger charge is -2.11. The molecule has 0 aliphatic heterocycles. The van der Waals surface area contributed by atoms with Gasteiger partial charge in [-0.3, -0.25) is 4.79 Å². The zero-order valence-electron chi connectivity index (χ0n) is 8.87. The van der Waals surface area contributed by atoms with Crippen molar-refractivity contribution in [1.82, 2.24) is 0 Å². The van der Waals surface area contributed by atoms with Crippen LogP contribution in [0.15, 0.2) is 22.7 Å². The summed E-state index contributed by atoms with van der Waals surface area (Å²) in [5, 5.41) is 0. The van der Waals surface area contributed by atoms with Gasteiger partial charge in [0.1, 0.15) is 11.9 Å². The summed E-state index contributed by atoms with van der Waals surface area (Å²) in [4.78, 5) is 11.3. The summed E-state index contributed by atoms with van der Waals surface area (Å²) >= 11 is 3.23. The Morgan fingerprint density at radius 1 is 1.62 bits per heavy atom. The van der Waals surface area contributed by atoms with Crippen molar-refractivity contribution in [3.63, 3.8) is 0 Å². The lowest BCUT2D eigenvalue weighted by atomic mass is 10.1. The van der Waals surface area contributed by atoms with Crippen molar-refractivity contribution in [2.24, 2.45) is 5.73 Å². The fourth-order valence-corrected chi connectivity index (χ4v) is 1.68. The van der Waals surface area contributed by atoms with E-state index in [2.05, 4.69) is 15.9 Å². The molecule has 1 aromatic rings. The van der Waals surface area contributed by atoms with Crippen LogP contribution < -0.4 is 5.73 Å². The predicted molar refractivity (Wildman–Crippen MR) is 62.4 cm³/mol. The van der Waals surface area contributed by atoms with Crippen LogP contribution in [0.3, 0.4) is 0 Å². The Hall–Kier alpha value is -0.940. The van der Waals surface area contributed by atoms with Gasteiger partial charge in [0.25, 0.3) is 0 Å². The number of benzene rings is 1. The molecule has 16 heavy (non-hydrogen) atoms. The number of carbonyl (C=O) groups excluding carboxylic acids is 1. The number of esters is 1. The van der Waals surface area contributed by atoms with Gasteiger partial charge in [-0.1, -0.05) is 15.9 Å². The zero-order valence-corrected chi connectivity index (χ0v) is 10.5. The van der Waals surface area contributed by atoms with E-state index in [1.807, 2.05) is 0 Å². The molecular formula is C11H13BrFNO2. The maximum Gasteiger partial charge on any atom is 0.323 e. The van der Waals surface area contributed by atoms with Crippen LogP contribution >= 0.6 is 15.9 Å². The molecule has 1 atom stereocenters. The van der Waals surface area contributed by atoms with Gasteiger partial charge in [0.15, 0.2) is 0 Å². The third-order valence-electron chi connectivity index (χ3n) is 2.04. The molecule has 1 rings (SSSR count). The van der Waals surface area contributed by atoms with Gasteiger partial charge in [-0.05, 0) is 30.7 Å². The van der Waals surface area contributed by atoms with Crippen molar-refractivity contribution in [3.05, 3.63) is 34.1 Å². The maximum absolute atomic E-state index is 13.4. The summed E-state index contributed by atoms with van der Waals surface area (Å²) < 4.78 is 18.8. The number of rotatable bonds is 4. The summed E-state index contributed by atoms with van der Waals surface area (Å²) in [6.45, 7) is 1.97. The highest BCUT2D eigenvalue weighted by Crippen LogP contribution is 2.16. The molecule has 5 heteroatoms. The van der Waals surface area contributed by atoms with Crippen molar-refractivity contribution in [3.8, 4) is 0 Å². The second-order valence-corrected chi connectivity index (χ2v) is 4.21. The molecule has 88 valence electrons. The second kappa shape index (κ2) is 5.96. The third kappa shape index (κ3) is 3.57. The van der Waals surface area contributed by atoms with E-state index in [1.54, 1.807) is 19.1 Å². The van der Waals surface area contributed by atoms with E-state index in [0.717, 1.165) is 4.47 Å². The quantitative estimate of drug-likeness (QED) is 0.863. The zero-order chi connectivity index (χ0) is 12.1. The van der Waals surface area contributed by atoms with Crippen LogP contribution in [-0.2, 0) is 16.0 Å². The Bertz CT molecular complexity index is 384.